The van der Waals surface area contributed by atoms with Crippen LogP contribution >= 0.6 is 11.6 Å². The van der Waals surface area contributed by atoms with E-state index in [-0.39, 0.29) is 18.1 Å². The van der Waals surface area contributed by atoms with E-state index < -0.39 is 38.4 Å². The van der Waals surface area contributed by atoms with Crippen molar-refractivity contribution in [2.45, 2.75) is 29.9 Å². The fourth-order valence-electron chi connectivity index (χ4n) is 3.72. The van der Waals surface area contributed by atoms with E-state index in [0.29, 0.717) is 10.6 Å². The molecule has 1 aliphatic rings. The molecule has 29 heavy (non-hydrogen) atoms. The van der Waals surface area contributed by atoms with Crippen LogP contribution in [0, 0.1) is 5.41 Å². The number of halogens is 1. The van der Waals surface area contributed by atoms with Gasteiger partial charge in [-0.3, -0.25) is 9.59 Å². The molecule has 1 saturated carbocycles. The highest BCUT2D eigenvalue weighted by atomic mass is 35.5. The van der Waals surface area contributed by atoms with Gasteiger partial charge in [0.05, 0.1) is 18.1 Å². The Kier molecular flexibility index (Phi) is 6.00. The minimum atomic E-state index is -4.04. The lowest BCUT2D eigenvalue weighted by molar-refractivity contribution is -0.164. The molecule has 0 spiro atoms. The molecule has 0 unspecified atom stereocenters. The molecule has 0 amide bonds. The molecule has 1 aliphatic carbocycles. The first-order chi connectivity index (χ1) is 13.8. The third-order valence-corrected chi connectivity index (χ3v) is 7.49. The van der Waals surface area contributed by atoms with Crippen LogP contribution in [0.25, 0.3) is 0 Å². The number of carbonyl (C=O) groups is 2. The molecular formula is C21H21ClO6S. The summed E-state index contributed by atoms with van der Waals surface area (Å²) < 4.78 is 37.2. The van der Waals surface area contributed by atoms with Crippen LogP contribution in [-0.4, -0.2) is 38.8 Å². The van der Waals surface area contributed by atoms with Crippen LogP contribution in [0.5, 0.6) is 0 Å². The summed E-state index contributed by atoms with van der Waals surface area (Å²) >= 11 is 5.95. The van der Waals surface area contributed by atoms with Gasteiger partial charge >= 0.3 is 11.9 Å². The second kappa shape index (κ2) is 8.16. The summed E-state index contributed by atoms with van der Waals surface area (Å²) in [6.07, 6.45) is 0. The molecule has 2 aromatic rings. The molecular weight excluding hydrogens is 416 g/mol. The third kappa shape index (κ3) is 3.53. The number of hydrogen-bond donors (Lipinski definition) is 0. The van der Waals surface area contributed by atoms with E-state index in [4.69, 9.17) is 21.1 Å². The van der Waals surface area contributed by atoms with Crippen LogP contribution in [0.3, 0.4) is 0 Å². The van der Waals surface area contributed by atoms with Crippen molar-refractivity contribution in [2.24, 2.45) is 5.41 Å². The van der Waals surface area contributed by atoms with E-state index >= 15 is 0 Å². The van der Waals surface area contributed by atoms with Crippen LogP contribution in [0.15, 0.2) is 59.5 Å². The Morgan fingerprint density at radius 2 is 1.45 bits per heavy atom. The molecule has 154 valence electrons. The Balaban J connectivity index is 2.19. The first kappa shape index (κ1) is 21.3. The van der Waals surface area contributed by atoms with Crippen molar-refractivity contribution in [3.8, 4) is 0 Å². The van der Waals surface area contributed by atoms with E-state index in [1.807, 2.05) is 0 Å². The highest BCUT2D eigenvalue weighted by Crippen LogP contribution is 2.65. The molecule has 8 heteroatoms. The molecule has 0 heterocycles. The Labute approximate surface area is 174 Å². The average molecular weight is 437 g/mol. The fourth-order valence-corrected chi connectivity index (χ4v) is 6.15. The van der Waals surface area contributed by atoms with Crippen molar-refractivity contribution in [3.63, 3.8) is 0 Å². The number of rotatable bonds is 7. The first-order valence-electron chi connectivity index (χ1n) is 9.20. The van der Waals surface area contributed by atoms with Gasteiger partial charge in [0.25, 0.3) is 0 Å². The monoisotopic (exact) mass is 436 g/mol. The number of carbonyl (C=O) groups excluding carboxylic acids is 2. The van der Waals surface area contributed by atoms with Crippen LogP contribution in [-0.2, 0) is 28.9 Å². The lowest BCUT2D eigenvalue weighted by Crippen LogP contribution is -2.35. The van der Waals surface area contributed by atoms with Crippen LogP contribution in [0.1, 0.15) is 25.3 Å². The van der Waals surface area contributed by atoms with Crippen LogP contribution in [0.4, 0.5) is 0 Å². The minimum Gasteiger partial charge on any atom is -0.465 e. The SMILES string of the molecule is CCOC(=O)C1(C(=O)OCC)[C@H](c2ccc(Cl)cc2)[C@@H]1S(=O)(=O)c1ccccc1. The molecule has 0 N–H and O–H groups in total. The standard InChI is InChI=1S/C21H21ClO6S/c1-3-27-19(23)21(20(24)28-4-2)17(14-10-12-15(22)13-11-14)18(21)29(25,26)16-8-6-5-7-9-16/h5-13,17-18H,3-4H2,1-2H3/t17-,18+/m1/s1. The second-order valence-electron chi connectivity index (χ2n) is 6.62. The van der Waals surface area contributed by atoms with E-state index in [1.54, 1.807) is 56.3 Å². The number of ether oxygens (including phenoxy) is 2. The molecule has 6 nitrogen and oxygen atoms in total. The van der Waals surface area contributed by atoms with Gasteiger partial charge in [-0.25, -0.2) is 8.42 Å². The summed E-state index contributed by atoms with van der Waals surface area (Å²) in [6, 6.07) is 14.1. The zero-order valence-electron chi connectivity index (χ0n) is 16.0. The Morgan fingerprint density at radius 3 is 1.93 bits per heavy atom. The summed E-state index contributed by atoms with van der Waals surface area (Å²) in [7, 11) is -4.04. The van der Waals surface area contributed by atoms with Gasteiger partial charge in [-0.15, -0.1) is 0 Å². The molecule has 3 rings (SSSR count). The molecule has 2 aromatic carbocycles. The summed E-state index contributed by atoms with van der Waals surface area (Å²) in [4.78, 5) is 26.0. The highest BCUT2D eigenvalue weighted by molar-refractivity contribution is 7.92. The Morgan fingerprint density at radius 1 is 0.931 bits per heavy atom. The predicted molar refractivity (Wildman–Crippen MR) is 107 cm³/mol. The number of benzene rings is 2. The Bertz CT molecular complexity index is 983. The van der Waals surface area contributed by atoms with Gasteiger partial charge in [-0.1, -0.05) is 41.9 Å². The molecule has 0 radical (unpaired) electrons. The first-order valence-corrected chi connectivity index (χ1v) is 11.1. The van der Waals surface area contributed by atoms with E-state index in [0.717, 1.165) is 0 Å². The highest BCUT2D eigenvalue weighted by Gasteiger charge is 2.81. The van der Waals surface area contributed by atoms with Crippen LogP contribution < -0.4 is 0 Å². The van der Waals surface area contributed by atoms with Gasteiger partial charge in [0, 0.05) is 10.9 Å². The second-order valence-corrected chi connectivity index (χ2v) is 9.12. The van der Waals surface area contributed by atoms with Crippen LogP contribution in [0.2, 0.25) is 5.02 Å². The normalized spacial score (nSPS) is 20.0. The van der Waals surface area contributed by atoms with Gasteiger partial charge in [0.2, 0.25) is 0 Å². The topological polar surface area (TPSA) is 86.7 Å². The summed E-state index contributed by atoms with van der Waals surface area (Å²) in [5, 5.41) is -0.883. The molecule has 1 fully saturated rings. The number of esters is 2. The van der Waals surface area contributed by atoms with Crippen molar-refractivity contribution in [2.75, 3.05) is 13.2 Å². The minimum absolute atomic E-state index is 0.00539. The van der Waals surface area contributed by atoms with Gasteiger partial charge in [0.15, 0.2) is 15.3 Å². The predicted octanol–water partition coefficient (Wildman–Crippen LogP) is 3.39. The average Bonchev–Trinajstić information content (AvgIpc) is 3.42. The smallest absolute Gasteiger partial charge is 0.325 e. The van der Waals surface area contributed by atoms with E-state index in [1.165, 1.54) is 12.1 Å². The van der Waals surface area contributed by atoms with E-state index in [9.17, 15) is 18.0 Å². The maximum Gasteiger partial charge on any atom is 0.325 e. The largest absolute Gasteiger partial charge is 0.465 e. The molecule has 0 aromatic heterocycles. The lowest BCUT2D eigenvalue weighted by Gasteiger charge is -2.15. The fraction of sp³-hybridized carbons (Fsp3) is 0.333. The number of sulfone groups is 1. The van der Waals surface area contributed by atoms with Crippen molar-refractivity contribution in [3.05, 3.63) is 65.2 Å². The summed E-state index contributed by atoms with van der Waals surface area (Å²) in [5.74, 6) is -2.74. The molecule has 0 aliphatic heterocycles. The van der Waals surface area contributed by atoms with Gasteiger partial charge in [-0.2, -0.15) is 0 Å². The van der Waals surface area contributed by atoms with Crippen molar-refractivity contribution >= 4 is 33.4 Å². The van der Waals surface area contributed by atoms with E-state index in [2.05, 4.69) is 0 Å². The summed E-state index contributed by atoms with van der Waals surface area (Å²) in [5.41, 5.74) is -1.46. The lowest BCUT2D eigenvalue weighted by atomic mass is 9.99. The third-order valence-electron chi connectivity index (χ3n) is 4.99. The quantitative estimate of drug-likeness (QED) is 0.488. The van der Waals surface area contributed by atoms with Gasteiger partial charge in [0.1, 0.15) is 5.25 Å². The molecule has 0 saturated heterocycles. The number of hydrogen-bond acceptors (Lipinski definition) is 6. The maximum absolute atomic E-state index is 13.4. The van der Waals surface area contributed by atoms with Gasteiger partial charge in [-0.05, 0) is 43.7 Å². The Hall–Kier alpha value is -2.38. The molecule has 2 atom stereocenters. The van der Waals surface area contributed by atoms with Crippen molar-refractivity contribution in [1.82, 2.24) is 0 Å². The summed E-state index contributed by atoms with van der Waals surface area (Å²) in [6.45, 7) is 3.20. The maximum atomic E-state index is 13.4. The zero-order valence-corrected chi connectivity index (χ0v) is 17.6. The zero-order chi connectivity index (χ0) is 21.2. The van der Waals surface area contributed by atoms with Gasteiger partial charge < -0.3 is 9.47 Å². The van der Waals surface area contributed by atoms with Crippen molar-refractivity contribution < 1.29 is 27.5 Å². The molecule has 0 bridgehead atoms. The van der Waals surface area contributed by atoms with Crippen molar-refractivity contribution in [1.29, 1.82) is 0 Å².